The summed E-state index contributed by atoms with van der Waals surface area (Å²) in [6.45, 7) is 16.4. The zero-order valence-corrected chi connectivity index (χ0v) is 32.2. The van der Waals surface area contributed by atoms with Crippen molar-refractivity contribution in [3.63, 3.8) is 0 Å². The minimum atomic E-state index is -0.0944. The van der Waals surface area contributed by atoms with Gasteiger partial charge in [0.25, 0.3) is 5.91 Å². The molecule has 4 nitrogen and oxygen atoms in total. The van der Waals surface area contributed by atoms with E-state index in [0.29, 0.717) is 11.5 Å². The molecule has 1 amide bonds. The number of anilines is 1. The molecular formula is C45H64FN3O. The first-order chi connectivity index (χ1) is 24.3. The normalized spacial score (nSPS) is 14.8. The minimum Gasteiger partial charge on any atom is -0.379 e. The van der Waals surface area contributed by atoms with Crippen molar-refractivity contribution in [1.82, 2.24) is 4.90 Å². The number of benzene rings is 3. The smallest absolute Gasteiger partial charge is 0.254 e. The number of unbranched alkanes of at least 4 members (excludes halogenated alkanes) is 4. The van der Waals surface area contributed by atoms with Crippen LogP contribution in [0.4, 0.5) is 10.1 Å². The van der Waals surface area contributed by atoms with Crippen molar-refractivity contribution in [1.29, 1.82) is 5.26 Å². The van der Waals surface area contributed by atoms with Gasteiger partial charge in [-0.25, -0.2) is 4.39 Å². The summed E-state index contributed by atoms with van der Waals surface area (Å²) < 4.78 is 12.9. The van der Waals surface area contributed by atoms with E-state index in [1.165, 1.54) is 69.4 Å². The maximum atomic E-state index is 13.4. The van der Waals surface area contributed by atoms with E-state index in [0.717, 1.165) is 60.3 Å². The van der Waals surface area contributed by atoms with Crippen LogP contribution in [-0.2, 0) is 4.79 Å². The molecule has 5 rings (SSSR count). The van der Waals surface area contributed by atoms with Gasteiger partial charge in [0.2, 0.25) is 0 Å². The second-order valence-corrected chi connectivity index (χ2v) is 13.2. The molecule has 0 bridgehead atoms. The maximum Gasteiger partial charge on any atom is 0.254 e. The fraction of sp³-hybridized carbons (Fsp3) is 0.511. The van der Waals surface area contributed by atoms with Gasteiger partial charge >= 0.3 is 0 Å². The molecule has 1 unspecified atom stereocenters. The van der Waals surface area contributed by atoms with Crippen LogP contribution in [0.3, 0.4) is 0 Å². The Labute approximate surface area is 304 Å². The first-order valence-corrected chi connectivity index (χ1v) is 19.5. The minimum absolute atomic E-state index is 0.0944. The van der Waals surface area contributed by atoms with Crippen molar-refractivity contribution in [2.45, 2.75) is 137 Å². The van der Waals surface area contributed by atoms with Crippen LogP contribution >= 0.6 is 0 Å². The summed E-state index contributed by atoms with van der Waals surface area (Å²) in [6, 6.07) is 23.1. The van der Waals surface area contributed by atoms with Crippen LogP contribution in [0.15, 0.2) is 72.8 Å². The Morgan fingerprint density at radius 2 is 1.46 bits per heavy atom. The van der Waals surface area contributed by atoms with E-state index < -0.39 is 0 Å². The predicted octanol–water partition coefficient (Wildman–Crippen LogP) is 12.9. The number of carbonyl (C=O) groups excluding carboxylic acids is 1. The summed E-state index contributed by atoms with van der Waals surface area (Å²) in [4.78, 5) is 15.4. The van der Waals surface area contributed by atoms with E-state index in [4.69, 9.17) is 5.26 Å². The maximum absolute atomic E-state index is 13.4. The second-order valence-electron chi connectivity index (χ2n) is 13.2. The molecule has 1 N–H and O–H groups in total. The molecule has 2 aliphatic rings. The van der Waals surface area contributed by atoms with Crippen molar-refractivity contribution in [2.75, 3.05) is 18.4 Å². The molecule has 0 radical (unpaired) electrons. The molecule has 272 valence electrons. The molecule has 0 saturated heterocycles. The van der Waals surface area contributed by atoms with Crippen LogP contribution in [0.25, 0.3) is 16.7 Å². The van der Waals surface area contributed by atoms with Gasteiger partial charge in [-0.1, -0.05) is 123 Å². The molecule has 0 aromatic heterocycles. The molecule has 0 spiro atoms. The predicted molar refractivity (Wildman–Crippen MR) is 213 cm³/mol. The Bertz CT molecular complexity index is 1460. The van der Waals surface area contributed by atoms with Crippen LogP contribution in [0, 0.1) is 17.1 Å². The molecule has 1 heterocycles. The Kier molecular flexibility index (Phi) is 20.5. The Hall–Kier alpha value is -3.91. The number of hydrogen-bond donors (Lipinski definition) is 1. The number of nitriles is 1. The zero-order chi connectivity index (χ0) is 36.7. The number of nitrogens with zero attached hydrogens (tertiary/aromatic N) is 2. The molecule has 1 aliphatic carbocycles. The number of halogens is 1. The van der Waals surface area contributed by atoms with Gasteiger partial charge < -0.3 is 10.2 Å². The molecule has 3 aromatic carbocycles. The van der Waals surface area contributed by atoms with Gasteiger partial charge in [-0.15, -0.1) is 0 Å². The van der Waals surface area contributed by atoms with E-state index in [1.807, 2.05) is 55.2 Å². The van der Waals surface area contributed by atoms with Gasteiger partial charge in [0.05, 0.1) is 11.6 Å². The number of nitrogens with one attached hydrogen (secondary N) is 1. The van der Waals surface area contributed by atoms with Crippen molar-refractivity contribution in [3.8, 4) is 17.2 Å². The molecule has 3 aromatic rings. The first-order valence-electron chi connectivity index (χ1n) is 19.5. The summed E-state index contributed by atoms with van der Waals surface area (Å²) in [5.74, 6) is 0.638. The number of rotatable bonds is 11. The summed E-state index contributed by atoms with van der Waals surface area (Å²) in [7, 11) is 0. The van der Waals surface area contributed by atoms with Gasteiger partial charge in [-0.3, -0.25) is 4.79 Å². The highest BCUT2D eigenvalue weighted by Gasteiger charge is 2.25. The van der Waals surface area contributed by atoms with Gasteiger partial charge in [0.15, 0.2) is 0 Å². The molecule has 1 fully saturated rings. The standard InChI is InChI=1S/C25H29N3O.C12H15F.C6H14.C2H6/c1-4-6-14-28(13-5-2)25(29)23-15-18(3)27-24-12-11-21(16-22(23)24)20-9-7-19(17-26)8-10-20;13-12-8-4-7-11(9-12)10-5-2-1-3-6-10;1-3-5-6-4-2;1-2/h7-12,15-16,18,27H,4-6,13-14H2,1-3H3;4,7-10H,1-3,5-6H2;3-6H2,1-2H3;1-2H3. The highest BCUT2D eigenvalue weighted by atomic mass is 19.1. The van der Waals surface area contributed by atoms with E-state index >= 15 is 0 Å². The Morgan fingerprint density at radius 3 is 2.04 bits per heavy atom. The molecule has 1 atom stereocenters. The van der Waals surface area contributed by atoms with Crippen molar-refractivity contribution >= 4 is 17.2 Å². The summed E-state index contributed by atoms with van der Waals surface area (Å²) in [5, 5.41) is 12.5. The lowest BCUT2D eigenvalue weighted by molar-refractivity contribution is -0.125. The van der Waals surface area contributed by atoms with Crippen LogP contribution in [0.1, 0.15) is 148 Å². The number of hydrogen-bond acceptors (Lipinski definition) is 3. The topological polar surface area (TPSA) is 56.1 Å². The van der Waals surface area contributed by atoms with E-state index in [2.05, 4.69) is 70.3 Å². The second kappa shape index (κ2) is 24.3. The Balaban J connectivity index is 0.000000338. The van der Waals surface area contributed by atoms with E-state index in [9.17, 15) is 9.18 Å². The van der Waals surface area contributed by atoms with Crippen LogP contribution in [-0.4, -0.2) is 29.9 Å². The van der Waals surface area contributed by atoms with E-state index in [-0.39, 0.29) is 17.8 Å². The fourth-order valence-electron chi connectivity index (χ4n) is 6.42. The summed E-state index contributed by atoms with van der Waals surface area (Å²) >= 11 is 0. The average Bonchev–Trinajstić information content (AvgIpc) is 3.16. The number of amides is 1. The molecule has 1 saturated carbocycles. The SMILES string of the molecule is CC.CCCCCC.CCCCN(CCC)C(=O)C1=CC(C)Nc2ccc(-c3ccc(C#N)cc3)cc21.Fc1cccc(C2CCCCC2)c1. The summed E-state index contributed by atoms with van der Waals surface area (Å²) in [6.07, 6.45) is 17.1. The Morgan fingerprint density at radius 1 is 0.820 bits per heavy atom. The third-order valence-corrected chi connectivity index (χ3v) is 9.13. The van der Waals surface area contributed by atoms with Crippen molar-refractivity contribution < 1.29 is 9.18 Å². The zero-order valence-electron chi connectivity index (χ0n) is 32.2. The third-order valence-electron chi connectivity index (χ3n) is 9.13. The lowest BCUT2D eigenvalue weighted by Crippen LogP contribution is -2.35. The van der Waals surface area contributed by atoms with Crippen molar-refractivity contribution in [2.24, 2.45) is 0 Å². The third kappa shape index (κ3) is 13.8. The van der Waals surface area contributed by atoms with E-state index in [1.54, 1.807) is 6.07 Å². The lowest BCUT2D eigenvalue weighted by Gasteiger charge is -2.29. The molecule has 5 heteroatoms. The van der Waals surface area contributed by atoms with Gasteiger partial charge in [-0.2, -0.15) is 5.26 Å². The molecule has 1 aliphatic heterocycles. The van der Waals surface area contributed by atoms with Gasteiger partial charge in [0.1, 0.15) is 5.82 Å². The number of fused-ring (bicyclic) bond motifs is 1. The van der Waals surface area contributed by atoms with Gasteiger partial charge in [0, 0.05) is 36.0 Å². The van der Waals surface area contributed by atoms with Crippen molar-refractivity contribution in [3.05, 3.63) is 95.3 Å². The number of carbonyl (C=O) groups is 1. The molecular weight excluding hydrogens is 618 g/mol. The largest absolute Gasteiger partial charge is 0.379 e. The first kappa shape index (κ1) is 42.3. The monoisotopic (exact) mass is 682 g/mol. The fourth-order valence-corrected chi connectivity index (χ4v) is 6.42. The molecule has 50 heavy (non-hydrogen) atoms. The summed E-state index contributed by atoms with van der Waals surface area (Å²) in [5.41, 5.74) is 6.64. The average molecular weight is 682 g/mol. The lowest BCUT2D eigenvalue weighted by atomic mass is 9.84. The van der Waals surface area contributed by atoms with Crippen LogP contribution in [0.2, 0.25) is 0 Å². The quantitative estimate of drug-likeness (QED) is 0.205. The van der Waals surface area contributed by atoms with Crippen LogP contribution in [0.5, 0.6) is 0 Å². The highest BCUT2D eigenvalue weighted by Crippen LogP contribution is 2.35. The van der Waals surface area contributed by atoms with Gasteiger partial charge in [-0.05, 0) is 97.7 Å². The highest BCUT2D eigenvalue weighted by molar-refractivity contribution is 6.22. The van der Waals surface area contributed by atoms with Crippen LogP contribution < -0.4 is 5.32 Å².